The fourth-order valence-corrected chi connectivity index (χ4v) is 3.66. The Morgan fingerprint density at radius 1 is 1.03 bits per heavy atom. The third-order valence-electron chi connectivity index (χ3n) is 5.44. The molecule has 0 atom stereocenters. The number of nitrogens with zero attached hydrogens (tertiary/aromatic N) is 2. The van der Waals surface area contributed by atoms with E-state index in [1.54, 1.807) is 13.4 Å². The number of benzene rings is 2. The van der Waals surface area contributed by atoms with Crippen molar-refractivity contribution in [3.8, 4) is 11.5 Å². The first-order valence-electron chi connectivity index (χ1n) is 9.96. The molecule has 5 rings (SSSR count). The Kier molecular flexibility index (Phi) is 4.71. The van der Waals surface area contributed by atoms with E-state index in [2.05, 4.69) is 46.2 Å². The van der Waals surface area contributed by atoms with Crippen LogP contribution in [0.3, 0.4) is 0 Å². The number of rotatable bonds is 6. The molecule has 7 nitrogen and oxygen atoms in total. The molecule has 0 bridgehead atoms. The number of methoxy groups -OCH3 is 1. The Morgan fingerprint density at radius 3 is 2.74 bits per heavy atom. The maximum Gasteiger partial charge on any atom is 0.164 e. The lowest BCUT2D eigenvalue weighted by Gasteiger charge is -2.13. The van der Waals surface area contributed by atoms with Gasteiger partial charge < -0.3 is 24.2 Å². The van der Waals surface area contributed by atoms with Gasteiger partial charge in [-0.05, 0) is 55.8 Å². The summed E-state index contributed by atoms with van der Waals surface area (Å²) in [7, 11) is 1.61. The van der Waals surface area contributed by atoms with E-state index < -0.39 is 0 Å². The largest absolute Gasteiger partial charge is 0.493 e. The zero-order valence-corrected chi connectivity index (χ0v) is 17.5. The van der Waals surface area contributed by atoms with Crippen molar-refractivity contribution < 1.29 is 13.9 Å². The number of furan rings is 1. The number of anilines is 2. The van der Waals surface area contributed by atoms with Crippen molar-refractivity contribution in [1.82, 2.24) is 15.0 Å². The normalized spacial score (nSPS) is 11.2. The Balaban J connectivity index is 1.49. The standard InChI is InChI=1S/C24H22N4O3/c1-14-15(2)27-20-7-6-16(9-18(14)20)28-24-19-10-22(29-3)23(11-21(19)25-13-26-24)31-12-17-5-4-8-30-17/h4-11,13,27H,12H2,1-3H3,(H,25,26,28). The summed E-state index contributed by atoms with van der Waals surface area (Å²) in [5.74, 6) is 2.63. The van der Waals surface area contributed by atoms with Gasteiger partial charge in [0, 0.05) is 33.7 Å². The first-order valence-corrected chi connectivity index (χ1v) is 9.96. The Bertz CT molecular complexity index is 1370. The van der Waals surface area contributed by atoms with Crippen molar-refractivity contribution in [2.24, 2.45) is 0 Å². The van der Waals surface area contributed by atoms with E-state index in [0.29, 0.717) is 23.9 Å². The molecule has 0 aliphatic carbocycles. The predicted octanol–water partition coefficient (Wildman–Crippen LogP) is 5.65. The predicted molar refractivity (Wildman–Crippen MR) is 120 cm³/mol. The molecular formula is C24H22N4O3. The van der Waals surface area contributed by atoms with Crippen LogP contribution < -0.4 is 14.8 Å². The minimum Gasteiger partial charge on any atom is -0.493 e. The van der Waals surface area contributed by atoms with E-state index in [0.717, 1.165) is 27.9 Å². The maximum atomic E-state index is 5.90. The minimum absolute atomic E-state index is 0.306. The van der Waals surface area contributed by atoms with E-state index in [9.17, 15) is 0 Å². The molecule has 0 unspecified atom stereocenters. The Labute approximate surface area is 179 Å². The molecule has 7 heteroatoms. The molecule has 3 aromatic heterocycles. The summed E-state index contributed by atoms with van der Waals surface area (Å²) in [6.45, 7) is 4.51. The average Bonchev–Trinajstić information content (AvgIpc) is 3.40. The highest BCUT2D eigenvalue weighted by molar-refractivity contribution is 5.94. The van der Waals surface area contributed by atoms with Crippen LogP contribution in [0.4, 0.5) is 11.5 Å². The van der Waals surface area contributed by atoms with Gasteiger partial charge in [0.1, 0.15) is 24.5 Å². The van der Waals surface area contributed by atoms with Gasteiger partial charge in [-0.3, -0.25) is 0 Å². The van der Waals surface area contributed by atoms with Crippen LogP contribution in [0.1, 0.15) is 17.0 Å². The number of hydrogen-bond acceptors (Lipinski definition) is 6. The lowest BCUT2D eigenvalue weighted by Crippen LogP contribution is -2.00. The molecule has 0 saturated carbocycles. The molecule has 0 saturated heterocycles. The molecule has 156 valence electrons. The van der Waals surface area contributed by atoms with Gasteiger partial charge in [0.25, 0.3) is 0 Å². The number of fused-ring (bicyclic) bond motifs is 2. The zero-order valence-electron chi connectivity index (χ0n) is 17.5. The number of nitrogens with one attached hydrogen (secondary N) is 2. The number of H-pyrrole nitrogens is 1. The fourth-order valence-electron chi connectivity index (χ4n) is 3.66. The second-order valence-electron chi connectivity index (χ2n) is 7.37. The quantitative estimate of drug-likeness (QED) is 0.373. The molecule has 2 N–H and O–H groups in total. The Hall–Kier alpha value is -4.00. The van der Waals surface area contributed by atoms with Crippen LogP contribution in [0.25, 0.3) is 21.8 Å². The molecule has 5 aromatic rings. The van der Waals surface area contributed by atoms with Crippen LogP contribution in [0, 0.1) is 13.8 Å². The Morgan fingerprint density at radius 2 is 1.94 bits per heavy atom. The van der Waals surface area contributed by atoms with E-state index in [4.69, 9.17) is 13.9 Å². The highest BCUT2D eigenvalue weighted by atomic mass is 16.5. The molecule has 0 fully saturated rings. The summed E-state index contributed by atoms with van der Waals surface area (Å²) in [5.41, 5.74) is 5.24. The van der Waals surface area contributed by atoms with Crippen molar-refractivity contribution in [1.29, 1.82) is 0 Å². The molecule has 2 aromatic carbocycles. The second kappa shape index (κ2) is 7.68. The van der Waals surface area contributed by atoms with E-state index >= 15 is 0 Å². The minimum atomic E-state index is 0.306. The highest BCUT2D eigenvalue weighted by Gasteiger charge is 2.13. The highest BCUT2D eigenvalue weighted by Crippen LogP contribution is 2.35. The van der Waals surface area contributed by atoms with Crippen LogP contribution >= 0.6 is 0 Å². The van der Waals surface area contributed by atoms with Gasteiger partial charge >= 0.3 is 0 Å². The SMILES string of the molecule is COc1cc2c(Nc3ccc4[nH]c(C)c(C)c4c3)ncnc2cc1OCc1ccco1. The van der Waals surface area contributed by atoms with Crippen LogP contribution in [0.5, 0.6) is 11.5 Å². The van der Waals surface area contributed by atoms with Crippen LogP contribution in [0.15, 0.2) is 59.5 Å². The van der Waals surface area contributed by atoms with Gasteiger partial charge in [-0.15, -0.1) is 0 Å². The lowest BCUT2D eigenvalue weighted by molar-refractivity contribution is 0.256. The van der Waals surface area contributed by atoms with Crippen molar-refractivity contribution in [3.05, 3.63) is 72.1 Å². The average molecular weight is 414 g/mol. The van der Waals surface area contributed by atoms with E-state index in [1.807, 2.05) is 30.3 Å². The van der Waals surface area contributed by atoms with Gasteiger partial charge in [-0.1, -0.05) is 0 Å². The summed E-state index contributed by atoms with van der Waals surface area (Å²) >= 11 is 0. The van der Waals surface area contributed by atoms with Crippen LogP contribution in [-0.2, 0) is 6.61 Å². The van der Waals surface area contributed by atoms with E-state index in [-0.39, 0.29) is 0 Å². The monoisotopic (exact) mass is 414 g/mol. The fraction of sp³-hybridized carbons (Fsp3) is 0.167. The molecule has 0 radical (unpaired) electrons. The van der Waals surface area contributed by atoms with Crippen molar-refractivity contribution in [2.45, 2.75) is 20.5 Å². The molecule has 3 heterocycles. The summed E-state index contributed by atoms with van der Waals surface area (Å²) in [6, 6.07) is 13.7. The third-order valence-corrected chi connectivity index (χ3v) is 5.44. The molecule has 0 amide bonds. The molecule has 0 spiro atoms. The van der Waals surface area contributed by atoms with Crippen molar-refractivity contribution in [2.75, 3.05) is 12.4 Å². The molecule has 0 aliphatic heterocycles. The first-order chi connectivity index (χ1) is 15.1. The number of aromatic amines is 1. The maximum absolute atomic E-state index is 5.90. The number of hydrogen-bond donors (Lipinski definition) is 2. The summed E-state index contributed by atoms with van der Waals surface area (Å²) < 4.78 is 16.8. The molecule has 0 aliphatic rings. The van der Waals surface area contributed by atoms with Crippen molar-refractivity contribution in [3.63, 3.8) is 0 Å². The lowest BCUT2D eigenvalue weighted by atomic mass is 10.1. The molecule has 31 heavy (non-hydrogen) atoms. The smallest absolute Gasteiger partial charge is 0.164 e. The van der Waals surface area contributed by atoms with Gasteiger partial charge in [0.2, 0.25) is 0 Å². The number of aryl methyl sites for hydroxylation is 2. The first kappa shape index (κ1) is 19.0. The number of aromatic nitrogens is 3. The zero-order chi connectivity index (χ0) is 21.4. The van der Waals surface area contributed by atoms with Gasteiger partial charge in [0.05, 0.1) is 18.9 Å². The van der Waals surface area contributed by atoms with E-state index in [1.165, 1.54) is 23.0 Å². The summed E-state index contributed by atoms with van der Waals surface area (Å²) in [5, 5.41) is 5.45. The topological polar surface area (TPSA) is 85.2 Å². The second-order valence-corrected chi connectivity index (χ2v) is 7.37. The van der Waals surface area contributed by atoms with Crippen molar-refractivity contribution >= 4 is 33.3 Å². The summed E-state index contributed by atoms with van der Waals surface area (Å²) in [4.78, 5) is 12.3. The van der Waals surface area contributed by atoms with Gasteiger partial charge in [-0.2, -0.15) is 0 Å². The molecular weight excluding hydrogens is 392 g/mol. The third kappa shape index (κ3) is 3.54. The van der Waals surface area contributed by atoms with Crippen LogP contribution in [-0.4, -0.2) is 22.1 Å². The van der Waals surface area contributed by atoms with Crippen LogP contribution in [0.2, 0.25) is 0 Å². The summed E-state index contributed by atoms with van der Waals surface area (Å²) in [6.07, 6.45) is 3.16. The number of ether oxygens (including phenoxy) is 2. The van der Waals surface area contributed by atoms with Gasteiger partial charge in [0.15, 0.2) is 11.5 Å². The van der Waals surface area contributed by atoms with Gasteiger partial charge in [-0.25, -0.2) is 9.97 Å².